The van der Waals surface area contributed by atoms with Crippen molar-refractivity contribution < 1.29 is 0 Å². The van der Waals surface area contributed by atoms with E-state index in [1.54, 1.807) is 11.3 Å². The molecule has 0 aliphatic heterocycles. The van der Waals surface area contributed by atoms with Crippen molar-refractivity contribution in [3.63, 3.8) is 0 Å². The fourth-order valence-corrected chi connectivity index (χ4v) is 2.53. The first kappa shape index (κ1) is 13.7. The summed E-state index contributed by atoms with van der Waals surface area (Å²) in [5.41, 5.74) is 1.45. The van der Waals surface area contributed by atoms with Gasteiger partial charge in [-0.05, 0) is 55.4 Å². The molecule has 0 saturated heterocycles. The minimum atomic E-state index is 0.582. The van der Waals surface area contributed by atoms with Gasteiger partial charge < -0.3 is 10.2 Å². The predicted octanol–water partition coefficient (Wildman–Crippen LogP) is 2.61. The van der Waals surface area contributed by atoms with Gasteiger partial charge in [0.15, 0.2) is 0 Å². The van der Waals surface area contributed by atoms with Gasteiger partial charge >= 0.3 is 0 Å². The zero-order valence-corrected chi connectivity index (χ0v) is 11.5. The van der Waals surface area contributed by atoms with Crippen LogP contribution in [0.3, 0.4) is 0 Å². The third kappa shape index (κ3) is 5.10. The summed E-state index contributed by atoms with van der Waals surface area (Å²) in [5.74, 6) is 0. The van der Waals surface area contributed by atoms with E-state index in [2.05, 4.69) is 47.8 Å². The molecule has 0 fully saturated rings. The minimum absolute atomic E-state index is 0.582. The fraction of sp³-hybridized carbons (Fsp3) is 0.692. The molecule has 0 spiro atoms. The molecule has 1 aromatic heterocycles. The first-order chi connectivity index (χ1) is 7.76. The van der Waals surface area contributed by atoms with Crippen LogP contribution >= 0.6 is 11.3 Å². The standard InChI is InChI=1S/C13H24N2S/c1-4-15(5-2)10-12(3)14-8-6-13-7-9-16-11-13/h7,9,11-12,14H,4-6,8,10H2,1-3H3. The van der Waals surface area contributed by atoms with E-state index < -0.39 is 0 Å². The summed E-state index contributed by atoms with van der Waals surface area (Å²) in [6.45, 7) is 11.2. The van der Waals surface area contributed by atoms with E-state index in [1.807, 2.05) is 0 Å². The molecule has 0 aliphatic rings. The lowest BCUT2D eigenvalue weighted by atomic mass is 10.2. The molecule has 1 rings (SSSR count). The number of thiophene rings is 1. The Morgan fingerprint density at radius 2 is 2.12 bits per heavy atom. The molecule has 3 heteroatoms. The van der Waals surface area contributed by atoms with Gasteiger partial charge in [-0.3, -0.25) is 0 Å². The van der Waals surface area contributed by atoms with Crippen molar-refractivity contribution in [3.8, 4) is 0 Å². The Balaban J connectivity index is 2.12. The molecule has 1 N–H and O–H groups in total. The molecular weight excluding hydrogens is 216 g/mol. The molecule has 0 aliphatic carbocycles. The van der Waals surface area contributed by atoms with Crippen molar-refractivity contribution in [1.82, 2.24) is 10.2 Å². The van der Waals surface area contributed by atoms with Crippen LogP contribution in [0, 0.1) is 0 Å². The van der Waals surface area contributed by atoms with Crippen LogP contribution < -0.4 is 5.32 Å². The van der Waals surface area contributed by atoms with Gasteiger partial charge in [0.2, 0.25) is 0 Å². The molecule has 0 amide bonds. The molecule has 1 aromatic rings. The maximum Gasteiger partial charge on any atom is 0.0166 e. The van der Waals surface area contributed by atoms with Crippen LogP contribution in [-0.2, 0) is 6.42 Å². The summed E-state index contributed by atoms with van der Waals surface area (Å²) in [6, 6.07) is 2.79. The number of hydrogen-bond acceptors (Lipinski definition) is 3. The Bertz CT molecular complexity index is 255. The van der Waals surface area contributed by atoms with Crippen LogP contribution in [0.25, 0.3) is 0 Å². The highest BCUT2D eigenvalue weighted by Gasteiger charge is 2.05. The normalized spacial score (nSPS) is 13.2. The third-order valence-corrected chi connectivity index (χ3v) is 3.65. The summed E-state index contributed by atoms with van der Waals surface area (Å²) in [4.78, 5) is 2.46. The van der Waals surface area contributed by atoms with Gasteiger partial charge in [-0.1, -0.05) is 13.8 Å². The number of likely N-dealkylation sites (N-methyl/N-ethyl adjacent to an activating group) is 1. The maximum atomic E-state index is 3.58. The lowest BCUT2D eigenvalue weighted by Crippen LogP contribution is -2.39. The molecule has 0 radical (unpaired) electrons. The van der Waals surface area contributed by atoms with Gasteiger partial charge in [0.25, 0.3) is 0 Å². The van der Waals surface area contributed by atoms with E-state index >= 15 is 0 Å². The Kier molecular flexibility index (Phi) is 6.69. The molecular formula is C13H24N2S. The van der Waals surface area contributed by atoms with Crippen LogP contribution in [-0.4, -0.2) is 37.1 Å². The van der Waals surface area contributed by atoms with Gasteiger partial charge in [-0.25, -0.2) is 0 Å². The minimum Gasteiger partial charge on any atom is -0.313 e. The molecule has 1 atom stereocenters. The van der Waals surface area contributed by atoms with Crippen molar-refractivity contribution in [3.05, 3.63) is 22.4 Å². The van der Waals surface area contributed by atoms with Crippen LogP contribution in [0.15, 0.2) is 16.8 Å². The molecule has 92 valence electrons. The monoisotopic (exact) mass is 240 g/mol. The van der Waals surface area contributed by atoms with E-state index in [0.717, 1.165) is 32.6 Å². The van der Waals surface area contributed by atoms with Crippen molar-refractivity contribution in [2.75, 3.05) is 26.2 Å². The summed E-state index contributed by atoms with van der Waals surface area (Å²) in [7, 11) is 0. The molecule has 0 saturated carbocycles. The zero-order chi connectivity index (χ0) is 11.8. The second kappa shape index (κ2) is 7.82. The number of hydrogen-bond donors (Lipinski definition) is 1. The first-order valence-corrected chi connectivity index (χ1v) is 7.17. The smallest absolute Gasteiger partial charge is 0.0166 e. The Hall–Kier alpha value is -0.380. The summed E-state index contributed by atoms with van der Waals surface area (Å²) in [6.07, 6.45) is 1.14. The highest BCUT2D eigenvalue weighted by atomic mass is 32.1. The lowest BCUT2D eigenvalue weighted by molar-refractivity contribution is 0.272. The third-order valence-electron chi connectivity index (χ3n) is 2.91. The van der Waals surface area contributed by atoms with Gasteiger partial charge in [0.05, 0.1) is 0 Å². The highest BCUT2D eigenvalue weighted by Crippen LogP contribution is 2.05. The fourth-order valence-electron chi connectivity index (χ4n) is 1.83. The topological polar surface area (TPSA) is 15.3 Å². The molecule has 2 nitrogen and oxygen atoms in total. The number of nitrogens with zero attached hydrogens (tertiary/aromatic N) is 1. The van der Waals surface area contributed by atoms with Crippen molar-refractivity contribution >= 4 is 11.3 Å². The van der Waals surface area contributed by atoms with E-state index in [9.17, 15) is 0 Å². The van der Waals surface area contributed by atoms with E-state index in [-0.39, 0.29) is 0 Å². The maximum absolute atomic E-state index is 3.58. The Labute approximate surface area is 104 Å². The van der Waals surface area contributed by atoms with Crippen molar-refractivity contribution in [1.29, 1.82) is 0 Å². The summed E-state index contributed by atoms with van der Waals surface area (Å²) < 4.78 is 0. The van der Waals surface area contributed by atoms with E-state index in [1.165, 1.54) is 5.56 Å². The van der Waals surface area contributed by atoms with Crippen LogP contribution in [0.2, 0.25) is 0 Å². The van der Waals surface area contributed by atoms with Gasteiger partial charge in [-0.15, -0.1) is 0 Å². The second-order valence-corrected chi connectivity index (χ2v) is 5.00. The SMILES string of the molecule is CCN(CC)CC(C)NCCc1ccsc1. The largest absolute Gasteiger partial charge is 0.313 e. The Morgan fingerprint density at radius 1 is 1.38 bits per heavy atom. The van der Waals surface area contributed by atoms with Crippen LogP contribution in [0.4, 0.5) is 0 Å². The highest BCUT2D eigenvalue weighted by molar-refractivity contribution is 7.07. The van der Waals surface area contributed by atoms with Gasteiger partial charge in [0, 0.05) is 12.6 Å². The Morgan fingerprint density at radius 3 is 2.69 bits per heavy atom. The average Bonchev–Trinajstić information content (AvgIpc) is 2.79. The first-order valence-electron chi connectivity index (χ1n) is 6.23. The molecule has 16 heavy (non-hydrogen) atoms. The van der Waals surface area contributed by atoms with Crippen molar-refractivity contribution in [2.24, 2.45) is 0 Å². The molecule has 0 aromatic carbocycles. The number of nitrogens with one attached hydrogen (secondary N) is 1. The molecule has 1 heterocycles. The number of rotatable bonds is 8. The quantitative estimate of drug-likeness (QED) is 0.751. The average molecular weight is 240 g/mol. The summed E-state index contributed by atoms with van der Waals surface area (Å²) >= 11 is 1.78. The summed E-state index contributed by atoms with van der Waals surface area (Å²) in [5, 5.41) is 7.96. The lowest BCUT2D eigenvalue weighted by Gasteiger charge is -2.23. The van der Waals surface area contributed by atoms with E-state index in [4.69, 9.17) is 0 Å². The van der Waals surface area contributed by atoms with Crippen LogP contribution in [0.5, 0.6) is 0 Å². The van der Waals surface area contributed by atoms with Crippen molar-refractivity contribution in [2.45, 2.75) is 33.2 Å². The predicted molar refractivity (Wildman–Crippen MR) is 73.3 cm³/mol. The molecule has 1 unspecified atom stereocenters. The van der Waals surface area contributed by atoms with Gasteiger partial charge in [0.1, 0.15) is 0 Å². The molecule has 0 bridgehead atoms. The van der Waals surface area contributed by atoms with Crippen LogP contribution in [0.1, 0.15) is 26.3 Å². The zero-order valence-electron chi connectivity index (χ0n) is 10.7. The van der Waals surface area contributed by atoms with E-state index in [0.29, 0.717) is 6.04 Å². The second-order valence-electron chi connectivity index (χ2n) is 4.22. The van der Waals surface area contributed by atoms with Gasteiger partial charge in [-0.2, -0.15) is 11.3 Å².